The molecule has 0 aliphatic rings. The van der Waals surface area contributed by atoms with Crippen molar-refractivity contribution in [2.24, 2.45) is 0 Å². The van der Waals surface area contributed by atoms with E-state index in [1.807, 2.05) is 49.5 Å². The molecule has 0 aliphatic heterocycles. The number of nitrogens with zero attached hydrogens (tertiary/aromatic N) is 2. The van der Waals surface area contributed by atoms with Gasteiger partial charge < -0.3 is 10.2 Å². The second-order valence-corrected chi connectivity index (χ2v) is 6.62. The zero-order valence-corrected chi connectivity index (χ0v) is 15.4. The first-order valence-corrected chi connectivity index (χ1v) is 8.69. The molecule has 1 N–H and O–H groups in total. The van der Waals surface area contributed by atoms with Crippen LogP contribution in [-0.4, -0.2) is 17.9 Å². The number of aromatic nitrogens is 1. The summed E-state index contributed by atoms with van der Waals surface area (Å²) in [6.07, 6.45) is 1.76. The van der Waals surface area contributed by atoms with Gasteiger partial charge in [0.05, 0.1) is 11.9 Å². The molecule has 25 heavy (non-hydrogen) atoms. The van der Waals surface area contributed by atoms with Crippen molar-refractivity contribution in [2.75, 3.05) is 17.3 Å². The molecular formula is C20H18BrN3O. The summed E-state index contributed by atoms with van der Waals surface area (Å²) in [5.41, 5.74) is 2.81. The van der Waals surface area contributed by atoms with Crippen LogP contribution in [0.3, 0.4) is 0 Å². The summed E-state index contributed by atoms with van der Waals surface area (Å²) >= 11 is 3.37. The normalized spacial score (nSPS) is 10.3. The van der Waals surface area contributed by atoms with E-state index in [0.717, 1.165) is 16.7 Å². The number of nitrogens with one attached hydrogen (secondary N) is 1. The van der Waals surface area contributed by atoms with E-state index in [1.54, 1.807) is 18.3 Å². The fourth-order valence-corrected chi connectivity index (χ4v) is 2.85. The number of anilines is 2. The Morgan fingerprint density at radius 1 is 1.08 bits per heavy atom. The Morgan fingerprint density at radius 3 is 2.56 bits per heavy atom. The molecule has 0 bridgehead atoms. The first-order chi connectivity index (χ1) is 12.1. The molecule has 0 aliphatic carbocycles. The van der Waals surface area contributed by atoms with Gasteiger partial charge in [-0.25, -0.2) is 4.98 Å². The van der Waals surface area contributed by atoms with Crippen LogP contribution in [0.15, 0.2) is 77.4 Å². The van der Waals surface area contributed by atoms with Gasteiger partial charge in [-0.1, -0.05) is 52.3 Å². The van der Waals surface area contributed by atoms with Gasteiger partial charge in [0.15, 0.2) is 0 Å². The summed E-state index contributed by atoms with van der Waals surface area (Å²) in [5, 5.41) is 2.81. The molecule has 4 nitrogen and oxygen atoms in total. The summed E-state index contributed by atoms with van der Waals surface area (Å²) in [6, 6.07) is 21.3. The molecular weight excluding hydrogens is 378 g/mol. The van der Waals surface area contributed by atoms with Crippen LogP contribution < -0.4 is 10.2 Å². The highest BCUT2D eigenvalue weighted by atomic mass is 79.9. The molecule has 3 rings (SSSR count). The molecule has 0 spiro atoms. The van der Waals surface area contributed by atoms with E-state index >= 15 is 0 Å². The Kier molecular flexibility index (Phi) is 5.46. The third-order valence-corrected chi connectivity index (χ3v) is 4.27. The van der Waals surface area contributed by atoms with Gasteiger partial charge in [-0.3, -0.25) is 4.79 Å². The minimum absolute atomic E-state index is 0.181. The lowest BCUT2D eigenvalue weighted by atomic mass is 10.2. The van der Waals surface area contributed by atoms with E-state index in [0.29, 0.717) is 11.4 Å². The molecule has 0 radical (unpaired) electrons. The number of hydrogen-bond donors (Lipinski definition) is 1. The van der Waals surface area contributed by atoms with Gasteiger partial charge in [0.25, 0.3) is 5.91 Å². The van der Waals surface area contributed by atoms with Crippen molar-refractivity contribution in [1.82, 2.24) is 4.98 Å². The summed E-state index contributed by atoms with van der Waals surface area (Å²) < 4.78 is 0.867. The molecule has 126 valence electrons. The van der Waals surface area contributed by atoms with Gasteiger partial charge in [-0.15, -0.1) is 0 Å². The maximum atomic E-state index is 12.2. The van der Waals surface area contributed by atoms with Crippen molar-refractivity contribution in [3.63, 3.8) is 0 Å². The first-order valence-electron chi connectivity index (χ1n) is 7.90. The van der Waals surface area contributed by atoms with Gasteiger partial charge >= 0.3 is 0 Å². The molecule has 0 unspecified atom stereocenters. The summed E-state index contributed by atoms with van der Waals surface area (Å²) in [4.78, 5) is 18.7. The fraction of sp³-hybridized carbons (Fsp3) is 0.100. The lowest BCUT2D eigenvalue weighted by Crippen LogP contribution is -2.17. The molecule has 0 saturated heterocycles. The smallest absolute Gasteiger partial charge is 0.256 e. The molecule has 1 amide bonds. The highest BCUT2D eigenvalue weighted by Gasteiger charge is 2.08. The van der Waals surface area contributed by atoms with Crippen LogP contribution in [0.2, 0.25) is 0 Å². The average molecular weight is 396 g/mol. The van der Waals surface area contributed by atoms with Crippen LogP contribution in [-0.2, 0) is 6.54 Å². The second-order valence-electron chi connectivity index (χ2n) is 5.71. The van der Waals surface area contributed by atoms with Crippen LogP contribution in [0.4, 0.5) is 11.5 Å². The third-order valence-electron chi connectivity index (χ3n) is 3.78. The average Bonchev–Trinajstić information content (AvgIpc) is 2.63. The molecule has 1 heterocycles. The molecule has 0 atom stereocenters. The second kappa shape index (κ2) is 7.94. The van der Waals surface area contributed by atoms with Gasteiger partial charge in [0.2, 0.25) is 0 Å². The summed E-state index contributed by atoms with van der Waals surface area (Å²) in [5.74, 6) is 0.348. The molecule has 5 heteroatoms. The van der Waals surface area contributed by atoms with E-state index in [1.165, 1.54) is 5.56 Å². The number of carbonyl (C=O) groups is 1. The number of hydrogen-bond acceptors (Lipinski definition) is 3. The summed E-state index contributed by atoms with van der Waals surface area (Å²) in [7, 11) is 2.02. The zero-order valence-electron chi connectivity index (χ0n) is 13.8. The lowest BCUT2D eigenvalue weighted by Gasteiger charge is -2.19. The number of benzene rings is 2. The minimum atomic E-state index is -0.181. The SMILES string of the molecule is CN(Cc1ccccc1)c1ccc(NC(=O)c2cccc(Br)c2)nc1. The van der Waals surface area contributed by atoms with Crippen molar-refractivity contribution in [2.45, 2.75) is 6.54 Å². The first kappa shape index (κ1) is 17.2. The number of carbonyl (C=O) groups excluding carboxylic acids is 1. The highest BCUT2D eigenvalue weighted by molar-refractivity contribution is 9.10. The molecule has 2 aromatic carbocycles. The number of halogens is 1. The molecule has 1 aromatic heterocycles. The zero-order chi connectivity index (χ0) is 17.6. The fourth-order valence-electron chi connectivity index (χ4n) is 2.45. The van der Waals surface area contributed by atoms with Crippen molar-refractivity contribution in [3.05, 3.63) is 88.5 Å². The van der Waals surface area contributed by atoms with E-state index in [4.69, 9.17) is 0 Å². The molecule has 0 fully saturated rings. The third kappa shape index (κ3) is 4.67. The van der Waals surface area contributed by atoms with Crippen molar-refractivity contribution < 1.29 is 4.79 Å². The van der Waals surface area contributed by atoms with Gasteiger partial charge in [0, 0.05) is 23.6 Å². The van der Waals surface area contributed by atoms with Gasteiger partial charge in [-0.2, -0.15) is 0 Å². The summed E-state index contributed by atoms with van der Waals surface area (Å²) in [6.45, 7) is 0.798. The largest absolute Gasteiger partial charge is 0.369 e. The Bertz CT molecular complexity index is 850. The quantitative estimate of drug-likeness (QED) is 0.678. The van der Waals surface area contributed by atoms with Gasteiger partial charge in [-0.05, 0) is 35.9 Å². The Balaban J connectivity index is 1.64. The van der Waals surface area contributed by atoms with Crippen molar-refractivity contribution in [1.29, 1.82) is 0 Å². The van der Waals surface area contributed by atoms with E-state index < -0.39 is 0 Å². The predicted octanol–water partition coefficient (Wildman–Crippen LogP) is 4.73. The van der Waals surface area contributed by atoms with Crippen LogP contribution in [0, 0.1) is 0 Å². The van der Waals surface area contributed by atoms with Crippen molar-refractivity contribution in [3.8, 4) is 0 Å². The Labute approximate surface area is 155 Å². The number of pyridine rings is 1. The van der Waals surface area contributed by atoms with E-state index in [-0.39, 0.29) is 5.91 Å². The number of rotatable bonds is 5. The van der Waals surface area contributed by atoms with Crippen molar-refractivity contribution >= 4 is 33.3 Å². The topological polar surface area (TPSA) is 45.2 Å². The molecule has 0 saturated carbocycles. The van der Waals surface area contributed by atoms with Crippen LogP contribution >= 0.6 is 15.9 Å². The minimum Gasteiger partial charge on any atom is -0.369 e. The maximum absolute atomic E-state index is 12.2. The predicted molar refractivity (Wildman–Crippen MR) is 105 cm³/mol. The highest BCUT2D eigenvalue weighted by Crippen LogP contribution is 2.17. The van der Waals surface area contributed by atoms with E-state index in [2.05, 4.69) is 43.3 Å². The van der Waals surface area contributed by atoms with Crippen LogP contribution in [0.25, 0.3) is 0 Å². The van der Waals surface area contributed by atoms with Crippen LogP contribution in [0.5, 0.6) is 0 Å². The lowest BCUT2D eigenvalue weighted by molar-refractivity contribution is 0.102. The maximum Gasteiger partial charge on any atom is 0.256 e. The standard InChI is InChI=1S/C20H18BrN3O/c1-24(14-15-6-3-2-4-7-15)18-10-11-19(22-13-18)23-20(25)16-8-5-9-17(21)12-16/h2-13H,14H2,1H3,(H,22,23,25). The molecule has 3 aromatic rings. The monoisotopic (exact) mass is 395 g/mol. The van der Waals surface area contributed by atoms with E-state index in [9.17, 15) is 4.79 Å². The number of amides is 1. The Hall–Kier alpha value is -2.66. The van der Waals surface area contributed by atoms with Gasteiger partial charge in [0.1, 0.15) is 5.82 Å². The van der Waals surface area contributed by atoms with Crippen LogP contribution in [0.1, 0.15) is 15.9 Å². The Morgan fingerprint density at radius 2 is 1.88 bits per heavy atom.